The van der Waals surface area contributed by atoms with Crippen LogP contribution in [-0.2, 0) is 22.7 Å². The molecular weight excluding hydrogens is 386 g/mol. The zero-order valence-electron chi connectivity index (χ0n) is 18.6. The molecule has 0 saturated carbocycles. The van der Waals surface area contributed by atoms with Crippen LogP contribution in [-0.4, -0.2) is 14.5 Å². The number of rotatable bonds is 7. The highest BCUT2D eigenvalue weighted by Gasteiger charge is 2.15. The van der Waals surface area contributed by atoms with Crippen LogP contribution in [0.5, 0.6) is 0 Å². The van der Waals surface area contributed by atoms with Crippen molar-refractivity contribution < 1.29 is 9.47 Å². The van der Waals surface area contributed by atoms with E-state index in [1.54, 1.807) is 12.4 Å². The van der Waals surface area contributed by atoms with Crippen molar-refractivity contribution in [1.29, 1.82) is 0 Å². The molecule has 0 N–H and O–H groups in total. The van der Waals surface area contributed by atoms with Gasteiger partial charge < -0.3 is 14.0 Å². The normalized spacial score (nSPS) is 15.9. The monoisotopic (exact) mass is 415 g/mol. The third kappa shape index (κ3) is 5.23. The summed E-state index contributed by atoms with van der Waals surface area (Å²) in [7, 11) is 0. The highest BCUT2D eigenvalue weighted by Crippen LogP contribution is 2.26. The predicted molar refractivity (Wildman–Crippen MR) is 122 cm³/mol. The minimum Gasteiger partial charge on any atom is -0.491 e. The molecule has 4 rings (SSSR count). The molecule has 0 aliphatic heterocycles. The van der Waals surface area contributed by atoms with Crippen LogP contribution in [0.3, 0.4) is 0 Å². The van der Waals surface area contributed by atoms with E-state index in [2.05, 4.69) is 67.6 Å². The fourth-order valence-corrected chi connectivity index (χ4v) is 3.86. The molecule has 0 fully saturated rings. The van der Waals surface area contributed by atoms with E-state index in [4.69, 9.17) is 14.5 Å². The molecule has 0 amide bonds. The molecule has 1 unspecified atom stereocenters. The lowest BCUT2D eigenvalue weighted by Crippen LogP contribution is -2.09. The summed E-state index contributed by atoms with van der Waals surface area (Å²) < 4.78 is 14.3. The van der Waals surface area contributed by atoms with Crippen molar-refractivity contribution in [2.75, 3.05) is 0 Å². The van der Waals surface area contributed by atoms with E-state index >= 15 is 0 Å². The van der Waals surface area contributed by atoms with Gasteiger partial charge in [-0.05, 0) is 80.3 Å². The summed E-state index contributed by atoms with van der Waals surface area (Å²) in [6.45, 7) is 9.42. The molecule has 0 spiro atoms. The molecule has 3 heterocycles. The first-order valence-corrected chi connectivity index (χ1v) is 10.7. The first kappa shape index (κ1) is 20.9. The van der Waals surface area contributed by atoms with E-state index in [9.17, 15) is 0 Å². The van der Waals surface area contributed by atoms with E-state index in [0.29, 0.717) is 19.1 Å². The number of aromatic nitrogens is 3. The molecule has 0 radical (unpaired) electrons. The van der Waals surface area contributed by atoms with E-state index < -0.39 is 0 Å². The Balaban J connectivity index is 1.45. The molecular formula is C26H29N3O2. The second kappa shape index (κ2) is 9.21. The van der Waals surface area contributed by atoms with Crippen LogP contribution in [0.4, 0.5) is 0 Å². The van der Waals surface area contributed by atoms with Crippen molar-refractivity contribution in [1.82, 2.24) is 14.5 Å². The number of pyridine rings is 2. The fourth-order valence-electron chi connectivity index (χ4n) is 3.86. The highest BCUT2D eigenvalue weighted by atomic mass is 16.5. The number of hydrogen-bond acceptors (Lipinski definition) is 4. The predicted octanol–water partition coefficient (Wildman–Crippen LogP) is 5.73. The van der Waals surface area contributed by atoms with Gasteiger partial charge in [-0.1, -0.05) is 6.92 Å². The van der Waals surface area contributed by atoms with Crippen molar-refractivity contribution in [2.24, 2.45) is 5.92 Å². The van der Waals surface area contributed by atoms with Crippen LogP contribution in [0.25, 0.3) is 5.82 Å². The summed E-state index contributed by atoms with van der Waals surface area (Å²) in [5, 5.41) is 0. The smallest absolute Gasteiger partial charge is 0.137 e. The van der Waals surface area contributed by atoms with Crippen LogP contribution < -0.4 is 0 Å². The zero-order chi connectivity index (χ0) is 21.8. The Hall–Kier alpha value is -3.34. The van der Waals surface area contributed by atoms with E-state index in [1.165, 1.54) is 17.0 Å². The van der Waals surface area contributed by atoms with Gasteiger partial charge in [0.15, 0.2) is 0 Å². The molecule has 1 aliphatic carbocycles. The van der Waals surface area contributed by atoms with Crippen LogP contribution in [0.1, 0.15) is 41.6 Å². The van der Waals surface area contributed by atoms with Crippen molar-refractivity contribution in [2.45, 2.75) is 47.3 Å². The van der Waals surface area contributed by atoms with Gasteiger partial charge in [-0.2, -0.15) is 0 Å². The number of allylic oxidation sites excluding steroid dienone is 3. The maximum absolute atomic E-state index is 6.17. The quantitative estimate of drug-likeness (QED) is 0.494. The summed E-state index contributed by atoms with van der Waals surface area (Å²) in [6.07, 6.45) is 8.56. The lowest BCUT2D eigenvalue weighted by molar-refractivity contribution is 0.164. The maximum Gasteiger partial charge on any atom is 0.137 e. The first-order valence-electron chi connectivity index (χ1n) is 10.7. The van der Waals surface area contributed by atoms with Gasteiger partial charge in [0, 0.05) is 36.3 Å². The van der Waals surface area contributed by atoms with E-state index in [0.717, 1.165) is 35.0 Å². The Bertz CT molecular complexity index is 1090. The Labute approximate surface area is 184 Å². The molecule has 3 aromatic heterocycles. The lowest BCUT2D eigenvalue weighted by atomic mass is 10.0. The minimum atomic E-state index is 0.360. The molecule has 0 bridgehead atoms. The molecule has 3 aromatic rings. The second-order valence-corrected chi connectivity index (χ2v) is 8.24. The van der Waals surface area contributed by atoms with Gasteiger partial charge in [0.05, 0.1) is 5.69 Å². The van der Waals surface area contributed by atoms with E-state index in [1.807, 2.05) is 18.2 Å². The van der Waals surface area contributed by atoms with Crippen LogP contribution >= 0.6 is 0 Å². The van der Waals surface area contributed by atoms with Gasteiger partial charge in [0.25, 0.3) is 0 Å². The fraction of sp³-hybridized carbons (Fsp3) is 0.308. The Morgan fingerprint density at radius 2 is 1.71 bits per heavy atom. The Morgan fingerprint density at radius 3 is 2.45 bits per heavy atom. The molecule has 0 aromatic carbocycles. The summed E-state index contributed by atoms with van der Waals surface area (Å²) in [6, 6.07) is 12.3. The maximum atomic E-state index is 6.17. The molecule has 5 nitrogen and oxygen atoms in total. The molecule has 160 valence electrons. The topological polar surface area (TPSA) is 49.2 Å². The third-order valence-electron chi connectivity index (χ3n) is 5.34. The van der Waals surface area contributed by atoms with Gasteiger partial charge in [0.1, 0.15) is 30.5 Å². The summed E-state index contributed by atoms with van der Waals surface area (Å²) >= 11 is 0. The third-order valence-corrected chi connectivity index (χ3v) is 5.34. The van der Waals surface area contributed by atoms with Crippen molar-refractivity contribution in [3.05, 3.63) is 101 Å². The van der Waals surface area contributed by atoms with Crippen molar-refractivity contribution in [3.8, 4) is 5.82 Å². The number of aryl methyl sites for hydroxylation is 3. The highest BCUT2D eigenvalue weighted by molar-refractivity contribution is 5.35. The van der Waals surface area contributed by atoms with Crippen LogP contribution in [0.2, 0.25) is 0 Å². The van der Waals surface area contributed by atoms with Crippen LogP contribution in [0, 0.1) is 26.7 Å². The molecule has 1 aliphatic rings. The largest absolute Gasteiger partial charge is 0.491 e. The Kier molecular flexibility index (Phi) is 6.21. The average molecular weight is 416 g/mol. The van der Waals surface area contributed by atoms with Crippen molar-refractivity contribution >= 4 is 0 Å². The van der Waals surface area contributed by atoms with Gasteiger partial charge in [-0.15, -0.1) is 0 Å². The van der Waals surface area contributed by atoms with Crippen LogP contribution in [0.15, 0.2) is 72.5 Å². The molecule has 31 heavy (non-hydrogen) atoms. The lowest BCUT2D eigenvalue weighted by Gasteiger charge is -2.20. The van der Waals surface area contributed by atoms with Gasteiger partial charge in [0.2, 0.25) is 0 Å². The number of ether oxygens (including phenoxy) is 2. The summed E-state index contributed by atoms with van der Waals surface area (Å²) in [5.41, 5.74) is 5.53. The first-order chi connectivity index (χ1) is 15.0. The molecule has 0 saturated heterocycles. The second-order valence-electron chi connectivity index (χ2n) is 8.24. The molecule has 1 atom stereocenters. The summed E-state index contributed by atoms with van der Waals surface area (Å²) in [5.74, 6) is 3.07. The minimum absolute atomic E-state index is 0.360. The zero-order valence-corrected chi connectivity index (χ0v) is 18.6. The molecule has 5 heteroatoms. The SMILES string of the molecule is Cc1cc(COC2=CC(OCc3ccncc3)=CC(C)C2)nc(-n2c(C)ccc2C)c1. The van der Waals surface area contributed by atoms with E-state index in [-0.39, 0.29) is 0 Å². The average Bonchev–Trinajstić information content (AvgIpc) is 3.09. The Morgan fingerprint density at radius 1 is 0.968 bits per heavy atom. The van der Waals surface area contributed by atoms with Gasteiger partial charge in [-0.25, -0.2) is 4.98 Å². The standard InChI is InChI=1S/C26H29N3O2/c1-18-11-23(28-26(14-18)29-20(3)5-6-21(29)4)17-31-25-13-19(2)12-24(15-25)30-16-22-7-9-27-10-8-22/h5-12,14-15,19H,13,16-17H2,1-4H3. The van der Waals surface area contributed by atoms with Gasteiger partial charge in [-0.3, -0.25) is 4.98 Å². The summed E-state index contributed by atoms with van der Waals surface area (Å²) in [4.78, 5) is 8.90. The van der Waals surface area contributed by atoms with Crippen molar-refractivity contribution in [3.63, 3.8) is 0 Å². The van der Waals surface area contributed by atoms with Gasteiger partial charge >= 0.3 is 0 Å². The number of hydrogen-bond donors (Lipinski definition) is 0. The number of nitrogens with zero attached hydrogens (tertiary/aromatic N) is 3.